The first-order chi connectivity index (χ1) is 12.6. The molecule has 26 heavy (non-hydrogen) atoms. The fourth-order valence-electron chi connectivity index (χ4n) is 3.19. The minimum absolute atomic E-state index is 0.0577. The van der Waals surface area contributed by atoms with Gasteiger partial charge in [-0.05, 0) is 30.0 Å². The highest BCUT2D eigenvalue weighted by Gasteiger charge is 2.45. The van der Waals surface area contributed by atoms with Gasteiger partial charge >= 0.3 is 0 Å². The Labute approximate surface area is 151 Å². The van der Waals surface area contributed by atoms with Crippen molar-refractivity contribution in [2.45, 2.75) is 18.3 Å². The summed E-state index contributed by atoms with van der Waals surface area (Å²) in [5.41, 5.74) is 2.63. The maximum Gasteiger partial charge on any atom is 0.193 e. The van der Waals surface area contributed by atoms with Gasteiger partial charge in [0, 0.05) is 16.7 Å². The molecule has 0 heterocycles. The first kappa shape index (κ1) is 16.2. The third kappa shape index (κ3) is 2.80. The molecule has 4 rings (SSSR count). The van der Waals surface area contributed by atoms with E-state index in [9.17, 15) is 14.4 Å². The molecule has 2 nitrogen and oxygen atoms in total. The topological polar surface area (TPSA) is 40.9 Å². The summed E-state index contributed by atoms with van der Waals surface area (Å²) in [7, 11) is 0. The average Bonchev–Trinajstić information content (AvgIpc) is 3.50. The standard InChI is InChI=1S/C23H16FNO/c24-21-14-19(23(15-25)12-13-23)10-11-20(21)16-6-8-18(9-7-16)22(26)17-4-2-1-3-5-17/h1-11,14H,12-13H2. The number of hydrogen-bond acceptors (Lipinski definition) is 2. The van der Waals surface area contributed by atoms with Crippen molar-refractivity contribution in [1.82, 2.24) is 0 Å². The minimum Gasteiger partial charge on any atom is -0.289 e. The van der Waals surface area contributed by atoms with E-state index in [1.807, 2.05) is 24.3 Å². The SMILES string of the molecule is N#CC1(c2ccc(-c3ccc(C(=O)c4ccccc4)cc3)c(F)c2)CC1. The number of carbonyl (C=O) groups is 1. The molecule has 0 bridgehead atoms. The smallest absolute Gasteiger partial charge is 0.193 e. The van der Waals surface area contributed by atoms with Gasteiger partial charge in [0.2, 0.25) is 0 Å². The summed E-state index contributed by atoms with van der Waals surface area (Å²) in [6.07, 6.45) is 1.58. The average molecular weight is 341 g/mol. The molecule has 0 aromatic heterocycles. The van der Waals surface area contributed by atoms with Gasteiger partial charge in [0.25, 0.3) is 0 Å². The van der Waals surface area contributed by atoms with Crippen molar-refractivity contribution in [3.63, 3.8) is 0 Å². The van der Waals surface area contributed by atoms with E-state index in [0.717, 1.165) is 18.4 Å². The largest absolute Gasteiger partial charge is 0.289 e. The van der Waals surface area contributed by atoms with Gasteiger partial charge in [-0.15, -0.1) is 0 Å². The molecular formula is C23H16FNO. The van der Waals surface area contributed by atoms with Crippen molar-refractivity contribution in [3.8, 4) is 17.2 Å². The second kappa shape index (κ2) is 6.24. The van der Waals surface area contributed by atoms with E-state index >= 15 is 0 Å². The molecule has 1 aliphatic carbocycles. The molecule has 1 saturated carbocycles. The molecule has 0 unspecified atom stereocenters. The highest BCUT2D eigenvalue weighted by molar-refractivity contribution is 6.09. The molecule has 126 valence electrons. The van der Waals surface area contributed by atoms with Crippen LogP contribution in [0.1, 0.15) is 34.3 Å². The van der Waals surface area contributed by atoms with Crippen LogP contribution in [0.3, 0.4) is 0 Å². The van der Waals surface area contributed by atoms with Crippen molar-refractivity contribution < 1.29 is 9.18 Å². The summed E-state index contributed by atoms with van der Waals surface area (Å²) in [6.45, 7) is 0. The predicted octanol–water partition coefficient (Wildman–Crippen LogP) is 5.28. The Morgan fingerprint density at radius 3 is 2.15 bits per heavy atom. The fraction of sp³-hybridized carbons (Fsp3) is 0.130. The highest BCUT2D eigenvalue weighted by Crippen LogP contribution is 2.48. The Morgan fingerprint density at radius 2 is 1.58 bits per heavy atom. The van der Waals surface area contributed by atoms with E-state index in [4.69, 9.17) is 0 Å². The molecule has 1 aliphatic rings. The molecule has 0 amide bonds. The van der Waals surface area contributed by atoms with E-state index in [0.29, 0.717) is 22.3 Å². The quantitative estimate of drug-likeness (QED) is 0.606. The van der Waals surface area contributed by atoms with Crippen molar-refractivity contribution >= 4 is 5.78 Å². The van der Waals surface area contributed by atoms with E-state index in [1.165, 1.54) is 6.07 Å². The van der Waals surface area contributed by atoms with Crippen molar-refractivity contribution in [3.05, 3.63) is 95.3 Å². The summed E-state index contributed by atoms with van der Waals surface area (Å²) < 4.78 is 14.6. The van der Waals surface area contributed by atoms with E-state index in [-0.39, 0.29) is 11.6 Å². The van der Waals surface area contributed by atoms with Crippen LogP contribution in [0.2, 0.25) is 0 Å². The van der Waals surface area contributed by atoms with Crippen LogP contribution in [-0.4, -0.2) is 5.78 Å². The van der Waals surface area contributed by atoms with Gasteiger partial charge in [-0.2, -0.15) is 5.26 Å². The third-order valence-electron chi connectivity index (χ3n) is 4.98. The number of halogens is 1. The second-order valence-corrected chi connectivity index (χ2v) is 6.66. The van der Waals surface area contributed by atoms with Gasteiger partial charge in [-0.1, -0.05) is 66.7 Å². The van der Waals surface area contributed by atoms with E-state index in [2.05, 4.69) is 6.07 Å². The van der Waals surface area contributed by atoms with Gasteiger partial charge in [0.15, 0.2) is 5.78 Å². The number of nitrogens with zero attached hydrogens (tertiary/aromatic N) is 1. The zero-order valence-corrected chi connectivity index (χ0v) is 14.1. The first-order valence-corrected chi connectivity index (χ1v) is 8.54. The first-order valence-electron chi connectivity index (χ1n) is 8.54. The predicted molar refractivity (Wildman–Crippen MR) is 98.2 cm³/mol. The van der Waals surface area contributed by atoms with Crippen LogP contribution in [0.5, 0.6) is 0 Å². The molecule has 0 saturated heterocycles. The van der Waals surface area contributed by atoms with Crippen molar-refractivity contribution in [2.75, 3.05) is 0 Å². The van der Waals surface area contributed by atoms with E-state index in [1.54, 1.807) is 42.5 Å². The lowest BCUT2D eigenvalue weighted by Gasteiger charge is -2.10. The Hall–Kier alpha value is -3.25. The van der Waals surface area contributed by atoms with Gasteiger partial charge in [-0.3, -0.25) is 4.79 Å². The third-order valence-corrected chi connectivity index (χ3v) is 4.98. The fourth-order valence-corrected chi connectivity index (χ4v) is 3.19. The summed E-state index contributed by atoms with van der Waals surface area (Å²) in [4.78, 5) is 12.5. The molecule has 3 aromatic rings. The molecule has 3 heteroatoms. The van der Waals surface area contributed by atoms with Crippen molar-refractivity contribution in [2.24, 2.45) is 0 Å². The van der Waals surface area contributed by atoms with Crippen LogP contribution in [-0.2, 0) is 5.41 Å². The zero-order valence-electron chi connectivity index (χ0n) is 14.1. The lowest BCUT2D eigenvalue weighted by molar-refractivity contribution is 0.103. The van der Waals surface area contributed by atoms with Crippen LogP contribution < -0.4 is 0 Å². The number of rotatable bonds is 4. The second-order valence-electron chi connectivity index (χ2n) is 6.66. The highest BCUT2D eigenvalue weighted by atomic mass is 19.1. The maximum absolute atomic E-state index is 14.6. The molecule has 0 spiro atoms. The molecule has 0 atom stereocenters. The van der Waals surface area contributed by atoms with E-state index < -0.39 is 5.41 Å². The monoisotopic (exact) mass is 341 g/mol. The number of benzene rings is 3. The Balaban J connectivity index is 1.61. The van der Waals surface area contributed by atoms with Crippen molar-refractivity contribution in [1.29, 1.82) is 5.26 Å². The Kier molecular flexibility index (Phi) is 3.89. The van der Waals surface area contributed by atoms with Gasteiger partial charge < -0.3 is 0 Å². The van der Waals surface area contributed by atoms with Gasteiger partial charge in [0.1, 0.15) is 5.82 Å². The molecule has 0 radical (unpaired) electrons. The minimum atomic E-state index is -0.495. The van der Waals surface area contributed by atoms with Crippen LogP contribution in [0.4, 0.5) is 4.39 Å². The van der Waals surface area contributed by atoms with Gasteiger partial charge in [0.05, 0.1) is 11.5 Å². The molecule has 3 aromatic carbocycles. The summed E-state index contributed by atoms with van der Waals surface area (Å²) >= 11 is 0. The number of ketones is 1. The van der Waals surface area contributed by atoms with Crippen LogP contribution >= 0.6 is 0 Å². The lowest BCUT2D eigenvalue weighted by Crippen LogP contribution is -2.03. The van der Waals surface area contributed by atoms with Crippen LogP contribution in [0.25, 0.3) is 11.1 Å². The Morgan fingerprint density at radius 1 is 0.923 bits per heavy atom. The summed E-state index contributed by atoms with van der Waals surface area (Å²) in [6, 6.07) is 23.3. The molecule has 0 aliphatic heterocycles. The lowest BCUT2D eigenvalue weighted by atomic mass is 9.94. The normalized spacial score (nSPS) is 14.5. The van der Waals surface area contributed by atoms with Crippen LogP contribution in [0, 0.1) is 17.1 Å². The summed E-state index contributed by atoms with van der Waals surface area (Å²) in [5.74, 6) is -0.399. The number of nitriles is 1. The Bertz CT molecular complexity index is 1010. The number of hydrogen-bond donors (Lipinski definition) is 0. The zero-order chi connectivity index (χ0) is 18.1. The molecule has 0 N–H and O–H groups in total. The van der Waals surface area contributed by atoms with Gasteiger partial charge in [-0.25, -0.2) is 4.39 Å². The van der Waals surface area contributed by atoms with Crippen LogP contribution in [0.15, 0.2) is 72.8 Å². The molecular weight excluding hydrogens is 325 g/mol. The number of carbonyl (C=O) groups excluding carboxylic acids is 1. The summed E-state index contributed by atoms with van der Waals surface area (Å²) in [5, 5.41) is 9.26. The maximum atomic E-state index is 14.6. The molecule has 1 fully saturated rings.